The van der Waals surface area contributed by atoms with E-state index < -0.39 is 10.0 Å². The van der Waals surface area contributed by atoms with Gasteiger partial charge in [-0.25, -0.2) is 13.1 Å². The predicted molar refractivity (Wildman–Crippen MR) is 76.7 cm³/mol. The van der Waals surface area contributed by atoms with Crippen LogP contribution in [0.15, 0.2) is 17.3 Å². The quantitative estimate of drug-likeness (QED) is 0.656. The molecule has 0 saturated heterocycles. The standard InChI is InChI=1S/C11H21N3O3S2/c1-3-18-7-4-10(2)13-19(16,17)11-8-12-14(9-11)5-6-15/h8-10,13,15H,3-7H2,1-2H3. The molecule has 0 aliphatic heterocycles. The average Bonchev–Trinajstić information content (AvgIpc) is 2.78. The monoisotopic (exact) mass is 307 g/mol. The van der Waals surface area contributed by atoms with Gasteiger partial charge in [-0.1, -0.05) is 6.92 Å². The molecule has 0 saturated carbocycles. The Balaban J connectivity index is 2.58. The third-order valence-electron chi connectivity index (χ3n) is 2.50. The number of aromatic nitrogens is 2. The van der Waals surface area contributed by atoms with E-state index in [-0.39, 0.29) is 24.1 Å². The minimum Gasteiger partial charge on any atom is -0.394 e. The van der Waals surface area contributed by atoms with Crippen LogP contribution in [0.2, 0.25) is 0 Å². The fourth-order valence-corrected chi connectivity index (χ4v) is 3.54. The van der Waals surface area contributed by atoms with E-state index in [4.69, 9.17) is 5.11 Å². The minimum atomic E-state index is -3.52. The molecule has 19 heavy (non-hydrogen) atoms. The van der Waals surface area contributed by atoms with E-state index in [1.807, 2.05) is 6.92 Å². The maximum Gasteiger partial charge on any atom is 0.243 e. The summed E-state index contributed by atoms with van der Waals surface area (Å²) in [4.78, 5) is 0.135. The number of aliphatic hydroxyl groups excluding tert-OH is 1. The summed E-state index contributed by atoms with van der Waals surface area (Å²) < 4.78 is 28.2. The van der Waals surface area contributed by atoms with Crippen molar-refractivity contribution in [2.24, 2.45) is 0 Å². The van der Waals surface area contributed by atoms with E-state index in [0.29, 0.717) is 0 Å². The minimum absolute atomic E-state index is 0.0702. The Hall–Kier alpha value is -0.570. The van der Waals surface area contributed by atoms with Gasteiger partial charge in [0.25, 0.3) is 0 Å². The molecule has 8 heteroatoms. The Morgan fingerprint density at radius 3 is 2.95 bits per heavy atom. The third-order valence-corrected chi connectivity index (χ3v) is 4.98. The first kappa shape index (κ1) is 16.5. The lowest BCUT2D eigenvalue weighted by molar-refractivity contribution is 0.269. The largest absolute Gasteiger partial charge is 0.394 e. The first-order chi connectivity index (χ1) is 8.99. The summed E-state index contributed by atoms with van der Waals surface area (Å²) in [6.45, 7) is 4.15. The molecule has 0 bridgehead atoms. The molecule has 6 nitrogen and oxygen atoms in total. The first-order valence-corrected chi connectivity index (χ1v) is 8.86. The van der Waals surface area contributed by atoms with E-state index >= 15 is 0 Å². The van der Waals surface area contributed by atoms with Crippen molar-refractivity contribution in [3.8, 4) is 0 Å². The molecule has 0 spiro atoms. The summed E-state index contributed by atoms with van der Waals surface area (Å²) in [5.74, 6) is 1.97. The molecule has 1 atom stereocenters. The molecule has 1 heterocycles. The number of hydrogen-bond donors (Lipinski definition) is 2. The number of aliphatic hydroxyl groups is 1. The molecule has 0 radical (unpaired) electrons. The van der Waals surface area contributed by atoms with Gasteiger partial charge in [-0.3, -0.25) is 4.68 Å². The molecule has 1 rings (SSSR count). The Labute approximate surface area is 118 Å². The van der Waals surface area contributed by atoms with Gasteiger partial charge in [-0.15, -0.1) is 0 Å². The highest BCUT2D eigenvalue weighted by molar-refractivity contribution is 7.99. The topological polar surface area (TPSA) is 84.2 Å². The summed E-state index contributed by atoms with van der Waals surface area (Å²) in [6.07, 6.45) is 3.51. The van der Waals surface area contributed by atoms with Crippen LogP contribution < -0.4 is 4.72 Å². The van der Waals surface area contributed by atoms with E-state index in [0.717, 1.165) is 17.9 Å². The highest BCUT2D eigenvalue weighted by Gasteiger charge is 2.19. The van der Waals surface area contributed by atoms with Crippen molar-refractivity contribution >= 4 is 21.8 Å². The lowest BCUT2D eigenvalue weighted by Gasteiger charge is -2.12. The molecule has 0 fully saturated rings. The van der Waals surface area contributed by atoms with Crippen LogP contribution in [-0.4, -0.2) is 47.5 Å². The first-order valence-electron chi connectivity index (χ1n) is 6.23. The summed E-state index contributed by atoms with van der Waals surface area (Å²) in [6, 6.07) is -0.106. The molecule has 1 aromatic rings. The predicted octanol–water partition coefficient (Wildman–Crippen LogP) is 0.685. The van der Waals surface area contributed by atoms with Crippen molar-refractivity contribution in [2.45, 2.75) is 37.8 Å². The summed E-state index contributed by atoms with van der Waals surface area (Å²) in [5, 5.41) is 12.7. The molecule has 0 aromatic carbocycles. The Morgan fingerprint density at radius 2 is 2.32 bits per heavy atom. The molecule has 0 aliphatic carbocycles. The van der Waals surface area contributed by atoms with Crippen molar-refractivity contribution in [1.29, 1.82) is 0 Å². The molecule has 2 N–H and O–H groups in total. The van der Waals surface area contributed by atoms with Crippen LogP contribution in [0.5, 0.6) is 0 Å². The zero-order chi connectivity index (χ0) is 14.3. The normalized spacial score (nSPS) is 13.6. The molecule has 110 valence electrons. The second-order valence-corrected chi connectivity index (χ2v) is 7.28. The van der Waals surface area contributed by atoms with Gasteiger partial charge in [0, 0.05) is 12.2 Å². The number of nitrogens with one attached hydrogen (secondary N) is 1. The van der Waals surface area contributed by atoms with Crippen LogP contribution in [0.25, 0.3) is 0 Å². The lowest BCUT2D eigenvalue weighted by atomic mass is 10.3. The van der Waals surface area contributed by atoms with Gasteiger partial charge in [0.05, 0.1) is 19.3 Å². The van der Waals surface area contributed by atoms with E-state index in [1.54, 1.807) is 11.8 Å². The molecule has 1 aromatic heterocycles. The zero-order valence-electron chi connectivity index (χ0n) is 11.2. The summed E-state index contributed by atoms with van der Waals surface area (Å²) in [7, 11) is -3.52. The van der Waals surface area contributed by atoms with E-state index in [9.17, 15) is 8.42 Å². The van der Waals surface area contributed by atoms with Crippen molar-refractivity contribution in [3.63, 3.8) is 0 Å². The summed E-state index contributed by atoms with van der Waals surface area (Å²) >= 11 is 1.79. The molecule has 1 unspecified atom stereocenters. The van der Waals surface area contributed by atoms with Gasteiger partial charge in [-0.2, -0.15) is 16.9 Å². The maximum absolute atomic E-state index is 12.1. The number of hydrogen-bond acceptors (Lipinski definition) is 5. The molecule has 0 aliphatic rings. The van der Waals surface area contributed by atoms with E-state index in [1.165, 1.54) is 17.1 Å². The number of sulfonamides is 1. The Bertz CT molecular complexity index is 473. The van der Waals surface area contributed by atoms with Gasteiger partial charge < -0.3 is 5.11 Å². The second-order valence-electron chi connectivity index (χ2n) is 4.17. The maximum atomic E-state index is 12.1. The van der Waals surface area contributed by atoms with Crippen LogP contribution in [0, 0.1) is 0 Å². The highest BCUT2D eigenvalue weighted by atomic mass is 32.2. The van der Waals surface area contributed by atoms with Crippen LogP contribution in [0.3, 0.4) is 0 Å². The number of rotatable bonds is 9. The average molecular weight is 307 g/mol. The van der Waals surface area contributed by atoms with Gasteiger partial charge >= 0.3 is 0 Å². The van der Waals surface area contributed by atoms with Gasteiger partial charge in [0.15, 0.2) is 0 Å². The fourth-order valence-electron chi connectivity index (χ4n) is 1.50. The van der Waals surface area contributed by atoms with Crippen LogP contribution in [-0.2, 0) is 16.6 Å². The SMILES string of the molecule is CCSCCC(C)NS(=O)(=O)c1cnn(CCO)c1. The smallest absolute Gasteiger partial charge is 0.243 e. The van der Waals surface area contributed by atoms with Crippen molar-refractivity contribution in [3.05, 3.63) is 12.4 Å². The molecular formula is C11H21N3O3S2. The summed E-state index contributed by atoms with van der Waals surface area (Å²) in [5.41, 5.74) is 0. The molecular weight excluding hydrogens is 286 g/mol. The molecule has 0 amide bonds. The fraction of sp³-hybridized carbons (Fsp3) is 0.727. The Kier molecular flexibility index (Phi) is 6.84. The third kappa shape index (κ3) is 5.52. The van der Waals surface area contributed by atoms with Crippen molar-refractivity contribution in [2.75, 3.05) is 18.1 Å². The lowest BCUT2D eigenvalue weighted by Crippen LogP contribution is -2.32. The number of thioether (sulfide) groups is 1. The Morgan fingerprint density at radius 1 is 1.58 bits per heavy atom. The van der Waals surface area contributed by atoms with Gasteiger partial charge in [0.1, 0.15) is 4.90 Å². The second kappa shape index (κ2) is 7.88. The van der Waals surface area contributed by atoms with Crippen molar-refractivity contribution < 1.29 is 13.5 Å². The zero-order valence-corrected chi connectivity index (χ0v) is 12.9. The van der Waals surface area contributed by atoms with Gasteiger partial charge in [-0.05, 0) is 24.9 Å². The van der Waals surface area contributed by atoms with Crippen LogP contribution >= 0.6 is 11.8 Å². The van der Waals surface area contributed by atoms with Crippen LogP contribution in [0.1, 0.15) is 20.3 Å². The number of nitrogens with zero attached hydrogens (tertiary/aromatic N) is 2. The van der Waals surface area contributed by atoms with Gasteiger partial charge in [0.2, 0.25) is 10.0 Å². The van der Waals surface area contributed by atoms with E-state index in [2.05, 4.69) is 16.7 Å². The van der Waals surface area contributed by atoms with Crippen molar-refractivity contribution in [1.82, 2.24) is 14.5 Å². The highest BCUT2D eigenvalue weighted by Crippen LogP contribution is 2.10. The van der Waals surface area contributed by atoms with Crippen LogP contribution in [0.4, 0.5) is 0 Å².